The van der Waals surface area contributed by atoms with Crippen molar-refractivity contribution in [1.29, 1.82) is 0 Å². The van der Waals surface area contributed by atoms with Gasteiger partial charge in [-0.3, -0.25) is 14.6 Å². The van der Waals surface area contributed by atoms with Gasteiger partial charge in [-0.2, -0.15) is 0 Å². The fraction of sp³-hybridized carbons (Fsp3) is 0.238. The van der Waals surface area contributed by atoms with Gasteiger partial charge in [0.1, 0.15) is 11.6 Å². The maximum Gasteiger partial charge on any atom is 0.397 e. The molecule has 4 heterocycles. The second-order valence-electron chi connectivity index (χ2n) is 13.8. The molecule has 4 aliphatic heterocycles. The number of anilines is 1. The molecule has 0 saturated carbocycles. The van der Waals surface area contributed by atoms with Crippen LogP contribution < -0.4 is 23.8 Å². The van der Waals surface area contributed by atoms with Crippen molar-refractivity contribution in [2.24, 2.45) is 4.99 Å². The highest BCUT2D eigenvalue weighted by Crippen LogP contribution is 2.44. The molecule has 4 aliphatic rings. The molecule has 8 rings (SSSR count). The Kier molecular flexibility index (Phi) is 10.3. The lowest BCUT2D eigenvalue weighted by molar-refractivity contribution is 0.0580. The number of aliphatic hydroxyl groups excluding tert-OH is 1. The van der Waals surface area contributed by atoms with Gasteiger partial charge in [0, 0.05) is 43.6 Å². The number of carbonyl (C=O) groups is 3. The number of aliphatic hydroxyl groups is 1. The van der Waals surface area contributed by atoms with E-state index in [1.54, 1.807) is 59.9 Å². The number of hydrogen-bond acceptors (Lipinski definition) is 10. The standard InChI is InChI=1S/C42H35BF2N4O9/c1-54-35-16-30-32(46-20-29-14-25(21-47(29)39(30)50)23-4-8-27(44)9-5-23)18-37(35)56-12-3-13-57-38-19-33-31(17-36(38)55-2)40(51)48-22-26(24-6-10-28(45)11-7-24)15-34(48)41(52)49(33)42(53)58-43/h4-11,16-22,29,34,41,52H,3,12-15H2,1-2H3/t29-,34-,41-/m0/s1. The monoisotopic (exact) mass is 788 g/mol. The van der Waals surface area contributed by atoms with Crippen molar-refractivity contribution in [3.63, 3.8) is 0 Å². The lowest BCUT2D eigenvalue weighted by Crippen LogP contribution is -2.50. The summed E-state index contributed by atoms with van der Waals surface area (Å²) >= 11 is 0. The van der Waals surface area contributed by atoms with Crippen LogP contribution in [0.5, 0.6) is 23.0 Å². The van der Waals surface area contributed by atoms with Gasteiger partial charge < -0.3 is 38.5 Å². The minimum absolute atomic E-state index is 0.0114. The highest BCUT2D eigenvalue weighted by Gasteiger charge is 2.45. The van der Waals surface area contributed by atoms with Gasteiger partial charge in [-0.1, -0.05) is 24.3 Å². The molecular formula is C42H35BF2N4O9. The minimum Gasteiger partial charge on any atom is -0.527 e. The van der Waals surface area contributed by atoms with Gasteiger partial charge in [0.15, 0.2) is 29.2 Å². The van der Waals surface area contributed by atoms with Crippen LogP contribution in [0, 0.1) is 11.6 Å². The van der Waals surface area contributed by atoms with Crippen molar-refractivity contribution in [2.75, 3.05) is 32.3 Å². The third kappa shape index (κ3) is 6.99. The van der Waals surface area contributed by atoms with Crippen molar-refractivity contribution in [1.82, 2.24) is 9.80 Å². The number of fused-ring (bicyclic) bond motifs is 4. The van der Waals surface area contributed by atoms with E-state index in [9.17, 15) is 28.3 Å². The number of halogens is 2. The Hall–Kier alpha value is -6.68. The molecule has 0 aromatic heterocycles. The zero-order chi connectivity index (χ0) is 40.7. The third-order valence-electron chi connectivity index (χ3n) is 10.4. The van der Waals surface area contributed by atoms with Crippen LogP contribution >= 0.6 is 0 Å². The third-order valence-corrected chi connectivity index (χ3v) is 10.4. The number of carbonyl (C=O) groups excluding carboxylic acids is 3. The molecule has 58 heavy (non-hydrogen) atoms. The molecule has 0 spiro atoms. The summed E-state index contributed by atoms with van der Waals surface area (Å²) in [5.74, 6) is -0.529. The molecule has 0 fully saturated rings. The van der Waals surface area contributed by atoms with Crippen molar-refractivity contribution < 1.29 is 51.9 Å². The van der Waals surface area contributed by atoms with E-state index in [2.05, 4.69) is 9.65 Å². The lowest BCUT2D eigenvalue weighted by atomic mass is 10.0. The first-order chi connectivity index (χ1) is 28.1. The van der Waals surface area contributed by atoms with E-state index in [1.165, 1.54) is 55.5 Å². The summed E-state index contributed by atoms with van der Waals surface area (Å²) in [7, 11) is 8.15. The van der Waals surface area contributed by atoms with E-state index in [0.29, 0.717) is 46.7 Å². The van der Waals surface area contributed by atoms with Gasteiger partial charge in [0.05, 0.1) is 62.0 Å². The number of methoxy groups -OCH3 is 2. The summed E-state index contributed by atoms with van der Waals surface area (Å²) in [6, 6.07) is 16.6. The molecule has 2 radical (unpaired) electrons. The van der Waals surface area contributed by atoms with Crippen LogP contribution in [0.2, 0.25) is 0 Å². The first-order valence-electron chi connectivity index (χ1n) is 18.3. The Bertz CT molecular complexity index is 2390. The Morgan fingerprint density at radius 1 is 0.776 bits per heavy atom. The number of hydrogen-bond donors (Lipinski definition) is 1. The molecule has 0 aliphatic carbocycles. The normalized spacial score (nSPS) is 19.3. The number of rotatable bonds is 10. The maximum absolute atomic E-state index is 14.0. The molecule has 4 aromatic carbocycles. The first kappa shape index (κ1) is 38.2. The Labute approximate surface area is 332 Å². The van der Waals surface area contributed by atoms with Gasteiger partial charge in [-0.25, -0.2) is 18.5 Å². The molecule has 1 N–H and O–H groups in total. The number of ether oxygens (including phenoxy) is 4. The summed E-state index contributed by atoms with van der Waals surface area (Å²) in [4.78, 5) is 49.2. The summed E-state index contributed by atoms with van der Waals surface area (Å²) in [5.41, 5.74) is 3.76. The maximum atomic E-state index is 14.0. The average Bonchev–Trinajstić information content (AvgIpc) is 3.84. The molecule has 294 valence electrons. The van der Waals surface area contributed by atoms with E-state index in [4.69, 9.17) is 27.0 Å². The molecule has 0 saturated heterocycles. The zero-order valence-corrected chi connectivity index (χ0v) is 31.3. The van der Waals surface area contributed by atoms with Crippen LogP contribution in [0.3, 0.4) is 0 Å². The fourth-order valence-electron chi connectivity index (χ4n) is 7.52. The summed E-state index contributed by atoms with van der Waals surface area (Å²) in [5, 5.41) is 11.6. The largest absolute Gasteiger partial charge is 0.527 e. The Morgan fingerprint density at radius 2 is 1.33 bits per heavy atom. The molecule has 0 unspecified atom stereocenters. The molecule has 0 bridgehead atoms. The first-order valence-corrected chi connectivity index (χ1v) is 18.3. The number of nitrogens with zero attached hydrogens (tertiary/aromatic N) is 4. The van der Waals surface area contributed by atoms with Gasteiger partial charge in [0.2, 0.25) is 0 Å². The van der Waals surface area contributed by atoms with Gasteiger partial charge in [0.25, 0.3) is 11.8 Å². The van der Waals surface area contributed by atoms with Gasteiger partial charge >= 0.3 is 14.1 Å². The zero-order valence-electron chi connectivity index (χ0n) is 31.3. The predicted octanol–water partition coefficient (Wildman–Crippen LogP) is 6.42. The van der Waals surface area contributed by atoms with Crippen LogP contribution in [0.25, 0.3) is 11.1 Å². The average molecular weight is 789 g/mol. The quantitative estimate of drug-likeness (QED) is 0.143. The second kappa shape index (κ2) is 15.7. The smallest absolute Gasteiger partial charge is 0.397 e. The molecule has 4 aromatic rings. The van der Waals surface area contributed by atoms with Crippen molar-refractivity contribution in [3.05, 3.63) is 119 Å². The number of aliphatic imine (C=N–C) groups is 1. The van der Waals surface area contributed by atoms with Crippen LogP contribution in [0.15, 0.2) is 90.2 Å². The van der Waals surface area contributed by atoms with Crippen LogP contribution in [0.4, 0.5) is 25.0 Å². The molecule has 16 heteroatoms. The topological polar surface area (TPSA) is 140 Å². The molecule has 3 atom stereocenters. The van der Waals surface area contributed by atoms with E-state index >= 15 is 0 Å². The molecular weight excluding hydrogens is 753 g/mol. The number of amides is 3. The van der Waals surface area contributed by atoms with Crippen molar-refractivity contribution >= 4 is 54.7 Å². The highest BCUT2D eigenvalue weighted by molar-refractivity contribution is 6.12. The Morgan fingerprint density at radius 3 is 1.93 bits per heavy atom. The van der Waals surface area contributed by atoms with E-state index in [-0.39, 0.29) is 60.2 Å². The second-order valence-corrected chi connectivity index (χ2v) is 13.8. The summed E-state index contributed by atoms with van der Waals surface area (Å²) < 4.78 is 54.9. The summed E-state index contributed by atoms with van der Waals surface area (Å²) in [6.07, 6.45) is 3.35. The number of benzene rings is 4. The van der Waals surface area contributed by atoms with Gasteiger partial charge in [-0.05, 0) is 65.1 Å². The van der Waals surface area contributed by atoms with Crippen LogP contribution in [-0.4, -0.2) is 92.8 Å². The van der Waals surface area contributed by atoms with E-state index in [1.807, 2.05) is 0 Å². The van der Waals surface area contributed by atoms with E-state index in [0.717, 1.165) is 16.0 Å². The predicted molar refractivity (Wildman–Crippen MR) is 208 cm³/mol. The lowest BCUT2D eigenvalue weighted by Gasteiger charge is -2.31. The molecule has 13 nitrogen and oxygen atoms in total. The van der Waals surface area contributed by atoms with Crippen molar-refractivity contribution in [2.45, 2.75) is 37.6 Å². The fourth-order valence-corrected chi connectivity index (χ4v) is 7.52. The molecule has 3 amide bonds. The van der Waals surface area contributed by atoms with Crippen molar-refractivity contribution in [3.8, 4) is 23.0 Å². The van der Waals surface area contributed by atoms with E-state index < -0.39 is 30.1 Å². The van der Waals surface area contributed by atoms with Crippen LogP contribution in [0.1, 0.15) is 51.1 Å². The highest BCUT2D eigenvalue weighted by atomic mass is 19.1. The van der Waals surface area contributed by atoms with Crippen LogP contribution in [-0.2, 0) is 4.65 Å². The minimum atomic E-state index is -1.59. The Balaban J connectivity index is 0.967. The summed E-state index contributed by atoms with van der Waals surface area (Å²) in [6.45, 7) is 0.246. The SMILES string of the molecule is [B]OC(=O)N1c2cc(OCCCOc3cc4c(cc3OC)C(=O)N3C=C(c5ccc(F)cc5)C[C@H]3C=N4)c(OC)cc2C(=O)N2C=C(c3ccc(F)cc3)C[C@H]2[C@@H]1O. The van der Waals surface area contributed by atoms with Gasteiger partial charge in [-0.15, -0.1) is 0 Å².